The van der Waals surface area contributed by atoms with Gasteiger partial charge < -0.3 is 15.4 Å². The van der Waals surface area contributed by atoms with E-state index in [1.54, 1.807) is 12.1 Å². The lowest BCUT2D eigenvalue weighted by Crippen LogP contribution is -2.41. The van der Waals surface area contributed by atoms with E-state index < -0.39 is 0 Å². The zero-order chi connectivity index (χ0) is 18.5. The summed E-state index contributed by atoms with van der Waals surface area (Å²) in [5.41, 5.74) is 7.23. The van der Waals surface area contributed by atoms with Gasteiger partial charge in [-0.1, -0.05) is 24.4 Å². The van der Waals surface area contributed by atoms with Crippen molar-refractivity contribution in [2.45, 2.75) is 19.4 Å². The highest BCUT2D eigenvalue weighted by Crippen LogP contribution is 2.21. The van der Waals surface area contributed by atoms with Gasteiger partial charge in [-0.25, -0.2) is 4.39 Å². The summed E-state index contributed by atoms with van der Waals surface area (Å²) in [4.78, 5) is 14.1. The van der Waals surface area contributed by atoms with Gasteiger partial charge in [0.15, 0.2) is 0 Å². The molecule has 26 heavy (non-hydrogen) atoms. The van der Waals surface area contributed by atoms with Crippen LogP contribution in [0.15, 0.2) is 48.5 Å². The molecule has 0 saturated carbocycles. The summed E-state index contributed by atoms with van der Waals surface area (Å²) in [6.45, 7) is 1.87. The Hall–Kier alpha value is -2.47. The third-order valence-electron chi connectivity index (χ3n) is 4.60. The summed E-state index contributed by atoms with van der Waals surface area (Å²) in [6.07, 6.45) is 1.49. The van der Waals surface area contributed by atoms with Gasteiger partial charge in [0.2, 0.25) is 5.91 Å². The highest BCUT2D eigenvalue weighted by Gasteiger charge is 2.24. The van der Waals surface area contributed by atoms with Crippen LogP contribution in [0.3, 0.4) is 0 Å². The average Bonchev–Trinajstić information content (AvgIpc) is 2.67. The number of nitrogens with two attached hydrogens (primary N) is 1. The second kappa shape index (κ2) is 8.27. The summed E-state index contributed by atoms with van der Waals surface area (Å²) in [6, 6.07) is 13.9. The SMILES string of the molecule is NC(=O)C1CCN(C(=S)c2ccc(OCc3ccc(F)cc3)cc2)CC1. The number of thiocarbonyl (C=S) groups is 1. The van der Waals surface area contributed by atoms with E-state index >= 15 is 0 Å². The molecule has 6 heteroatoms. The number of hydrogen-bond acceptors (Lipinski definition) is 3. The van der Waals surface area contributed by atoms with Gasteiger partial charge in [0.05, 0.1) is 0 Å². The Morgan fingerprint density at radius 3 is 2.31 bits per heavy atom. The minimum atomic E-state index is -0.258. The Balaban J connectivity index is 1.54. The van der Waals surface area contributed by atoms with E-state index in [9.17, 15) is 9.18 Å². The maximum absolute atomic E-state index is 12.9. The zero-order valence-corrected chi connectivity index (χ0v) is 15.2. The van der Waals surface area contributed by atoms with E-state index in [1.807, 2.05) is 24.3 Å². The molecule has 1 amide bonds. The van der Waals surface area contributed by atoms with Crippen LogP contribution >= 0.6 is 12.2 Å². The summed E-state index contributed by atoms with van der Waals surface area (Å²) >= 11 is 5.57. The predicted octanol–water partition coefficient (Wildman–Crippen LogP) is 3.28. The quantitative estimate of drug-likeness (QED) is 0.819. The molecule has 2 N–H and O–H groups in total. The van der Waals surface area contributed by atoms with E-state index in [-0.39, 0.29) is 17.6 Å². The zero-order valence-electron chi connectivity index (χ0n) is 14.4. The first kappa shape index (κ1) is 18.3. The van der Waals surface area contributed by atoms with Crippen LogP contribution in [-0.2, 0) is 11.4 Å². The Labute approximate surface area is 157 Å². The van der Waals surface area contributed by atoms with E-state index in [4.69, 9.17) is 22.7 Å². The minimum Gasteiger partial charge on any atom is -0.489 e. The lowest BCUT2D eigenvalue weighted by atomic mass is 9.96. The minimum absolute atomic E-state index is 0.0451. The number of carbonyl (C=O) groups is 1. The Morgan fingerprint density at radius 1 is 1.12 bits per heavy atom. The number of benzene rings is 2. The van der Waals surface area contributed by atoms with Crippen molar-refractivity contribution in [2.75, 3.05) is 13.1 Å². The fourth-order valence-corrected chi connectivity index (χ4v) is 3.31. The maximum atomic E-state index is 12.9. The molecule has 0 radical (unpaired) electrons. The largest absolute Gasteiger partial charge is 0.489 e. The van der Waals surface area contributed by atoms with E-state index in [1.165, 1.54) is 12.1 Å². The molecule has 1 aliphatic rings. The number of rotatable bonds is 5. The molecular formula is C20H21FN2O2S. The normalized spacial score (nSPS) is 14.9. The molecule has 1 heterocycles. The van der Waals surface area contributed by atoms with Gasteiger partial charge in [0, 0.05) is 24.6 Å². The lowest BCUT2D eigenvalue weighted by molar-refractivity contribution is -0.122. The molecule has 4 nitrogen and oxygen atoms in total. The molecule has 136 valence electrons. The standard InChI is InChI=1S/C20H21FN2O2S/c21-17-5-1-14(2-6-17)13-25-18-7-3-16(4-8-18)20(26)23-11-9-15(10-12-23)19(22)24/h1-8,15H,9-13H2,(H2,22,24). The van der Waals surface area contributed by atoms with E-state index in [0.717, 1.165) is 47.8 Å². The van der Waals surface area contributed by atoms with Crippen LogP contribution in [0.1, 0.15) is 24.0 Å². The highest BCUT2D eigenvalue weighted by atomic mass is 32.1. The molecule has 0 unspecified atom stereocenters. The molecule has 1 saturated heterocycles. The van der Waals surface area contributed by atoms with Crippen LogP contribution in [0.4, 0.5) is 4.39 Å². The smallest absolute Gasteiger partial charge is 0.220 e. The van der Waals surface area contributed by atoms with Crippen LogP contribution < -0.4 is 10.5 Å². The molecule has 1 fully saturated rings. The second-order valence-corrected chi connectivity index (χ2v) is 6.80. The third kappa shape index (κ3) is 4.58. The van der Waals surface area contributed by atoms with E-state index in [0.29, 0.717) is 6.61 Å². The fourth-order valence-electron chi connectivity index (χ4n) is 2.99. The molecule has 0 atom stereocenters. The molecule has 0 aliphatic carbocycles. The van der Waals surface area contributed by atoms with Crippen molar-refractivity contribution in [2.24, 2.45) is 11.7 Å². The molecule has 0 bridgehead atoms. The first-order valence-corrected chi connectivity index (χ1v) is 8.99. The third-order valence-corrected chi connectivity index (χ3v) is 5.10. The van der Waals surface area contributed by atoms with E-state index in [2.05, 4.69) is 4.90 Å². The van der Waals surface area contributed by atoms with Crippen molar-refractivity contribution >= 4 is 23.1 Å². The van der Waals surface area contributed by atoms with Crippen molar-refractivity contribution in [3.63, 3.8) is 0 Å². The van der Waals surface area contributed by atoms with Crippen molar-refractivity contribution in [1.29, 1.82) is 0 Å². The number of nitrogens with zero attached hydrogens (tertiary/aromatic N) is 1. The molecule has 3 rings (SSSR count). The first-order valence-electron chi connectivity index (χ1n) is 8.59. The molecule has 2 aromatic rings. The maximum Gasteiger partial charge on any atom is 0.220 e. The highest BCUT2D eigenvalue weighted by molar-refractivity contribution is 7.80. The number of ether oxygens (including phenoxy) is 1. The molecule has 1 aliphatic heterocycles. The Morgan fingerprint density at radius 2 is 1.73 bits per heavy atom. The molecule has 0 spiro atoms. The van der Waals surface area contributed by atoms with Gasteiger partial charge in [0.25, 0.3) is 0 Å². The topological polar surface area (TPSA) is 55.6 Å². The van der Waals surface area contributed by atoms with Crippen LogP contribution in [0.2, 0.25) is 0 Å². The summed E-state index contributed by atoms with van der Waals surface area (Å²) < 4.78 is 18.6. The average molecular weight is 372 g/mol. The van der Waals surface area contributed by atoms with Crippen LogP contribution in [-0.4, -0.2) is 28.9 Å². The number of halogens is 1. The number of piperidine rings is 1. The van der Waals surface area contributed by atoms with Crippen molar-refractivity contribution in [3.05, 3.63) is 65.5 Å². The number of amides is 1. The van der Waals surface area contributed by atoms with Crippen LogP contribution in [0.25, 0.3) is 0 Å². The number of carbonyl (C=O) groups excluding carboxylic acids is 1. The monoisotopic (exact) mass is 372 g/mol. The molecule has 2 aromatic carbocycles. The Bertz CT molecular complexity index is 769. The van der Waals surface area contributed by atoms with Gasteiger partial charge in [-0.3, -0.25) is 4.79 Å². The molecule has 0 aromatic heterocycles. The lowest BCUT2D eigenvalue weighted by Gasteiger charge is -2.32. The number of likely N-dealkylation sites (tertiary alicyclic amines) is 1. The van der Waals surface area contributed by atoms with Crippen molar-refractivity contribution < 1.29 is 13.9 Å². The summed E-state index contributed by atoms with van der Waals surface area (Å²) in [7, 11) is 0. The Kier molecular flexibility index (Phi) is 5.83. The first-order chi connectivity index (χ1) is 12.5. The fraction of sp³-hybridized carbons (Fsp3) is 0.300. The second-order valence-electron chi connectivity index (χ2n) is 6.41. The summed E-state index contributed by atoms with van der Waals surface area (Å²) in [5, 5.41) is 0. The van der Waals surface area contributed by atoms with Crippen LogP contribution in [0, 0.1) is 11.7 Å². The number of primary amides is 1. The van der Waals surface area contributed by atoms with Gasteiger partial charge in [-0.05, 0) is 54.8 Å². The molecular weight excluding hydrogens is 351 g/mol. The van der Waals surface area contributed by atoms with Gasteiger partial charge in [-0.2, -0.15) is 0 Å². The van der Waals surface area contributed by atoms with Gasteiger partial charge in [0.1, 0.15) is 23.2 Å². The van der Waals surface area contributed by atoms with Gasteiger partial charge in [-0.15, -0.1) is 0 Å². The van der Waals surface area contributed by atoms with Gasteiger partial charge >= 0.3 is 0 Å². The predicted molar refractivity (Wildman–Crippen MR) is 102 cm³/mol. The summed E-state index contributed by atoms with van der Waals surface area (Å²) in [5.74, 6) is 0.203. The van der Waals surface area contributed by atoms with Crippen molar-refractivity contribution in [1.82, 2.24) is 4.90 Å². The number of hydrogen-bond donors (Lipinski definition) is 1. The van der Waals surface area contributed by atoms with Crippen LogP contribution in [0.5, 0.6) is 5.75 Å². The van der Waals surface area contributed by atoms with Crippen molar-refractivity contribution in [3.8, 4) is 5.75 Å².